The molecular formula is C69H69Cl2N11O18. The van der Waals surface area contributed by atoms with Gasteiger partial charge in [-0.05, 0) is 164 Å². The van der Waals surface area contributed by atoms with E-state index in [1.54, 1.807) is 0 Å². The van der Waals surface area contributed by atoms with E-state index in [1.165, 1.54) is 54.6 Å². The number of hydrogen-bond acceptors (Lipinski definition) is 21. The van der Waals surface area contributed by atoms with Crippen molar-refractivity contribution in [2.75, 3.05) is 33.7 Å². The van der Waals surface area contributed by atoms with E-state index in [-0.39, 0.29) is 96.1 Å². The van der Waals surface area contributed by atoms with Crippen LogP contribution < -0.4 is 68.2 Å². The van der Waals surface area contributed by atoms with E-state index in [9.17, 15) is 50.1 Å². The van der Waals surface area contributed by atoms with Crippen LogP contribution >= 0.6 is 23.2 Å². The number of nitrogens with one attached hydrogen (secondary N) is 8. The number of phenols is 6. The Morgan fingerprint density at radius 3 is 1.87 bits per heavy atom. The van der Waals surface area contributed by atoms with E-state index in [1.807, 2.05) is 19.0 Å². The molecule has 17 bridgehead atoms. The van der Waals surface area contributed by atoms with Gasteiger partial charge in [-0.25, -0.2) is 0 Å². The number of carbonyl (C=O) groups excluding carboxylic acids is 8. The molecule has 29 nitrogen and oxygen atoms in total. The molecule has 6 aliphatic rings. The SMILES string of the molecule is CN(C)CCCNC(=O)[C@H]1NC(=O)[C@H]2NC(=O)[C@H](NC(=O)[C@@H]3NC(=O)[C@H]4NC(=O)[C@@H](Cc5ccc(c(Cl)c5)Oc5cc3cc(c5O)Oc3ccc(cc3Cl)[C@H]2O)NC(=O)[C@H](NC(=O)[C@@H](N)CCCCN)c2ccc(O)c(c2)Oc2cc(O)cc4c2)c2ccc(O)c(c2)-c2c(O)cc(O)cc21. The Hall–Kier alpha value is -11.1. The first-order valence-electron chi connectivity index (χ1n) is 31.5. The maximum atomic E-state index is 16.0. The minimum Gasteiger partial charge on any atom is -0.508 e. The summed E-state index contributed by atoms with van der Waals surface area (Å²) < 4.78 is 18.7. The van der Waals surface area contributed by atoms with Gasteiger partial charge in [0.05, 0.1) is 16.1 Å². The second kappa shape index (κ2) is 29.6. The molecule has 6 aliphatic heterocycles. The number of amides is 8. The Morgan fingerprint density at radius 1 is 0.580 bits per heavy atom. The topological polar surface area (TPSA) is 457 Å². The highest BCUT2D eigenvalue weighted by Gasteiger charge is 2.42. The van der Waals surface area contributed by atoms with Crippen molar-refractivity contribution in [3.05, 3.63) is 164 Å². The molecule has 0 fully saturated rings. The molecule has 7 aromatic carbocycles. The Kier molecular flexibility index (Phi) is 20.8. The van der Waals surface area contributed by atoms with Crippen LogP contribution in [0.25, 0.3) is 11.1 Å². The summed E-state index contributed by atoms with van der Waals surface area (Å²) in [7, 11) is 3.62. The Morgan fingerprint density at radius 2 is 1.19 bits per heavy atom. The number of fused-ring (bicyclic) bond motifs is 14. The molecule has 0 aliphatic carbocycles. The van der Waals surface area contributed by atoms with Crippen molar-refractivity contribution in [3.63, 3.8) is 0 Å². The molecule has 100 heavy (non-hydrogen) atoms. The molecular weight excluding hydrogens is 1340 g/mol. The van der Waals surface area contributed by atoms with Crippen LogP contribution in [0.15, 0.2) is 115 Å². The average Bonchev–Trinajstić information content (AvgIpc) is 0.765. The van der Waals surface area contributed by atoms with Crippen LogP contribution in [-0.2, 0) is 44.8 Å². The average molecular weight is 1410 g/mol. The molecule has 31 heteroatoms. The van der Waals surface area contributed by atoms with Gasteiger partial charge in [-0.2, -0.15) is 0 Å². The molecule has 0 aromatic heterocycles. The third-order valence-electron chi connectivity index (χ3n) is 17.1. The van der Waals surface area contributed by atoms with E-state index in [0.29, 0.717) is 32.4 Å². The normalized spacial score (nSPS) is 20.8. The number of aliphatic hydroxyl groups excluding tert-OH is 1. The first-order chi connectivity index (χ1) is 47.7. The van der Waals surface area contributed by atoms with Crippen LogP contribution in [0.3, 0.4) is 0 Å². The number of carbonyl (C=O) groups is 8. The minimum absolute atomic E-state index is 0.0174. The van der Waals surface area contributed by atoms with Gasteiger partial charge in [0.1, 0.15) is 88.6 Å². The molecule has 8 amide bonds. The van der Waals surface area contributed by atoms with Crippen LogP contribution in [0.5, 0.6) is 69.0 Å². The Balaban J connectivity index is 1.10. The summed E-state index contributed by atoms with van der Waals surface area (Å²) in [6.07, 6.45) is -0.960. The van der Waals surface area contributed by atoms with Crippen molar-refractivity contribution in [3.8, 4) is 80.1 Å². The van der Waals surface area contributed by atoms with Gasteiger partial charge < -0.3 is 109 Å². The smallest absolute Gasteiger partial charge is 0.248 e. The lowest BCUT2D eigenvalue weighted by atomic mass is 9.89. The fourth-order valence-electron chi connectivity index (χ4n) is 12.0. The second-order valence-corrected chi connectivity index (χ2v) is 25.4. The highest BCUT2D eigenvalue weighted by atomic mass is 35.5. The number of unbranched alkanes of at least 4 members (excludes halogenated alkanes) is 1. The molecule has 7 aromatic rings. The maximum Gasteiger partial charge on any atom is 0.248 e. The molecule has 0 radical (unpaired) electrons. The number of benzene rings is 7. The first-order valence-corrected chi connectivity index (χ1v) is 32.2. The molecule has 522 valence electrons. The zero-order valence-corrected chi connectivity index (χ0v) is 54.8. The van der Waals surface area contributed by atoms with E-state index >= 15 is 24.0 Å². The van der Waals surface area contributed by atoms with Crippen molar-refractivity contribution < 1.29 is 88.3 Å². The van der Waals surface area contributed by atoms with Gasteiger partial charge in [-0.1, -0.05) is 53.9 Å². The second-order valence-electron chi connectivity index (χ2n) is 24.6. The van der Waals surface area contributed by atoms with E-state index in [0.717, 1.165) is 60.7 Å². The predicted octanol–water partition coefficient (Wildman–Crippen LogP) is 4.58. The summed E-state index contributed by atoms with van der Waals surface area (Å²) in [5, 5.41) is 102. The van der Waals surface area contributed by atoms with E-state index in [2.05, 4.69) is 42.5 Å². The zero-order chi connectivity index (χ0) is 71.5. The fourth-order valence-corrected chi connectivity index (χ4v) is 12.4. The minimum atomic E-state index is -2.20. The number of phenolic OH excluding ortho intramolecular Hbond substituents is 6. The van der Waals surface area contributed by atoms with Gasteiger partial charge in [0.2, 0.25) is 53.0 Å². The number of halogens is 2. The summed E-state index contributed by atoms with van der Waals surface area (Å²) in [6, 6.07) is 7.37. The Labute approximate surface area is 579 Å². The third-order valence-corrected chi connectivity index (χ3v) is 17.7. The molecule has 13 rings (SSSR count). The zero-order valence-electron chi connectivity index (χ0n) is 53.3. The van der Waals surface area contributed by atoms with Crippen LogP contribution in [0.4, 0.5) is 0 Å². The van der Waals surface area contributed by atoms with Gasteiger partial charge in [-0.3, -0.25) is 38.4 Å². The number of hydrogen-bond donors (Lipinski definition) is 17. The van der Waals surface area contributed by atoms with Gasteiger partial charge >= 0.3 is 0 Å². The van der Waals surface area contributed by atoms with Crippen LogP contribution in [0.1, 0.15) is 101 Å². The van der Waals surface area contributed by atoms with Gasteiger partial charge in [0.25, 0.3) is 0 Å². The van der Waals surface area contributed by atoms with Crippen molar-refractivity contribution in [1.82, 2.24) is 47.4 Å². The molecule has 0 spiro atoms. The van der Waals surface area contributed by atoms with Crippen molar-refractivity contribution in [2.24, 2.45) is 11.5 Å². The van der Waals surface area contributed by atoms with Crippen molar-refractivity contribution in [2.45, 2.75) is 86.5 Å². The fraction of sp³-hybridized carbons (Fsp3) is 0.275. The van der Waals surface area contributed by atoms with Gasteiger partial charge in [0.15, 0.2) is 23.0 Å². The van der Waals surface area contributed by atoms with Crippen LogP contribution in [-0.4, -0.2) is 140 Å². The number of ether oxygens (including phenoxy) is 3. The molecule has 0 unspecified atom stereocenters. The quantitative estimate of drug-likeness (QED) is 0.0788. The maximum absolute atomic E-state index is 16.0. The molecule has 0 saturated heterocycles. The number of aliphatic hydroxyl groups is 1. The lowest BCUT2D eigenvalue weighted by Crippen LogP contribution is -2.56. The van der Waals surface area contributed by atoms with Crippen LogP contribution in [0, 0.1) is 0 Å². The summed E-state index contributed by atoms with van der Waals surface area (Å²) in [4.78, 5) is 123. The predicted molar refractivity (Wildman–Crippen MR) is 358 cm³/mol. The molecule has 9 atom stereocenters. The molecule has 19 N–H and O–H groups in total. The summed E-state index contributed by atoms with van der Waals surface area (Å²) in [6.45, 7) is 0.877. The van der Waals surface area contributed by atoms with Gasteiger partial charge in [0, 0.05) is 36.2 Å². The third kappa shape index (κ3) is 15.3. The molecule has 6 heterocycles. The Bertz CT molecular complexity index is 4450. The van der Waals surface area contributed by atoms with E-state index in [4.69, 9.17) is 48.9 Å². The van der Waals surface area contributed by atoms with Crippen LogP contribution in [0.2, 0.25) is 10.0 Å². The van der Waals surface area contributed by atoms with Crippen molar-refractivity contribution in [1.29, 1.82) is 0 Å². The number of rotatable bonds is 11. The number of nitrogens with two attached hydrogens (primary N) is 2. The number of nitrogens with zero attached hydrogens (tertiary/aromatic N) is 1. The first kappa shape index (κ1) is 70.2. The lowest BCUT2D eigenvalue weighted by molar-refractivity contribution is -0.137. The summed E-state index contributed by atoms with van der Waals surface area (Å²) in [5.74, 6) is -14.9. The monoisotopic (exact) mass is 1410 g/mol. The van der Waals surface area contributed by atoms with E-state index < -0.39 is 154 Å². The highest BCUT2D eigenvalue weighted by Crippen LogP contribution is 2.48. The summed E-state index contributed by atoms with van der Waals surface area (Å²) >= 11 is 13.9. The highest BCUT2D eigenvalue weighted by molar-refractivity contribution is 6.32. The largest absolute Gasteiger partial charge is 0.508 e. The number of aromatic hydroxyl groups is 6. The standard InChI is InChI=1S/C69H69Cl2N11O18/c1-82(2)17-5-16-74-64(92)58-40-28-37(84)29-47(87)53(40)39-22-31(8-11-45(39)85)54-66(94)81-59(69(97)80-58)60(88)33-10-14-49(42(71)23-33)100-52-26-35-25-51(61(52)89)99-48-13-7-30(18-41(48)70)19-44-63(91)77-56(67(95)79-57(35)68(96)78-54)34-20-36(83)27-38(21-34)98-50-24-32(9-12-46(50)86)55(65(93)75-44)76-62(90)43(73)6-3-4-15-72/h7-14,18,20-29,43-44,54-60,83-89H,3-6,15-17,19,72-73H2,1-2H3,(H,74,92)(H,75,93)(H,76,90)(H,77,91)(H,78,96)(H,79,95)(H,80,97)(H,81,94)/t43-,44+,54+,55+,56-,57+,58-,59-,60+/m0/s1. The summed E-state index contributed by atoms with van der Waals surface area (Å²) in [5.41, 5.74) is 10.3. The molecule has 0 saturated carbocycles. The van der Waals surface area contributed by atoms with Gasteiger partial charge in [-0.15, -0.1) is 0 Å². The van der Waals surface area contributed by atoms with Crippen molar-refractivity contribution >= 4 is 70.5 Å². The lowest BCUT2D eigenvalue weighted by Gasteiger charge is -2.31.